The van der Waals surface area contributed by atoms with E-state index < -0.39 is 11.7 Å². The second-order valence-corrected chi connectivity index (χ2v) is 5.19. The Bertz CT molecular complexity index is 784. The number of nitrogens with zero attached hydrogens (tertiary/aromatic N) is 4. The third kappa shape index (κ3) is 3.28. The zero-order valence-corrected chi connectivity index (χ0v) is 12.5. The van der Waals surface area contributed by atoms with E-state index in [1.165, 1.54) is 12.1 Å². The Morgan fingerprint density at radius 2 is 1.52 bits per heavy atom. The van der Waals surface area contributed by atoms with Crippen LogP contribution in [-0.4, -0.2) is 19.1 Å². The van der Waals surface area contributed by atoms with Crippen LogP contribution in [0.15, 0.2) is 49.1 Å². The molecule has 0 aliphatic rings. The summed E-state index contributed by atoms with van der Waals surface area (Å²) in [5.74, 6) is 1.57. The lowest BCUT2D eigenvalue weighted by Gasteiger charge is -2.11. The van der Waals surface area contributed by atoms with E-state index in [4.69, 9.17) is 0 Å². The van der Waals surface area contributed by atoms with Gasteiger partial charge in [-0.25, -0.2) is 9.97 Å². The van der Waals surface area contributed by atoms with E-state index in [-0.39, 0.29) is 0 Å². The smallest absolute Gasteiger partial charge is 0.333 e. The third-order valence-electron chi connectivity index (χ3n) is 3.69. The van der Waals surface area contributed by atoms with E-state index in [1.807, 2.05) is 28.5 Å². The highest BCUT2D eigenvalue weighted by molar-refractivity contribution is 5.56. The van der Waals surface area contributed by atoms with Crippen molar-refractivity contribution >= 4 is 0 Å². The summed E-state index contributed by atoms with van der Waals surface area (Å²) in [6.45, 7) is 3.30. The summed E-state index contributed by atoms with van der Waals surface area (Å²) < 4.78 is 41.8. The van der Waals surface area contributed by atoms with Gasteiger partial charge in [-0.05, 0) is 19.1 Å². The molecule has 0 fully saturated rings. The van der Waals surface area contributed by atoms with Crippen molar-refractivity contribution in [3.63, 3.8) is 0 Å². The van der Waals surface area contributed by atoms with Crippen molar-refractivity contribution in [2.24, 2.45) is 0 Å². The number of rotatable bonds is 4. The maximum absolute atomic E-state index is 12.6. The van der Waals surface area contributed by atoms with E-state index in [0.29, 0.717) is 17.9 Å². The first-order valence-electron chi connectivity index (χ1n) is 7.11. The fourth-order valence-corrected chi connectivity index (χ4v) is 2.41. The van der Waals surface area contributed by atoms with Crippen LogP contribution in [0.5, 0.6) is 0 Å². The van der Waals surface area contributed by atoms with Crippen molar-refractivity contribution in [2.75, 3.05) is 0 Å². The molecule has 7 heteroatoms. The Kier molecular flexibility index (Phi) is 3.94. The highest BCUT2D eigenvalue weighted by Crippen LogP contribution is 2.30. The predicted molar refractivity (Wildman–Crippen MR) is 79.6 cm³/mol. The minimum atomic E-state index is -4.33. The fourth-order valence-electron chi connectivity index (χ4n) is 2.41. The molecule has 0 unspecified atom stereocenters. The second-order valence-electron chi connectivity index (χ2n) is 5.19. The van der Waals surface area contributed by atoms with Crippen molar-refractivity contribution in [2.45, 2.75) is 26.2 Å². The number of aromatic nitrogens is 4. The standard InChI is InChI=1S/C16H15F3N4/c1-12-20-6-8-22(12)10-11-23-9-7-21-15(23)13-2-4-14(5-3-13)16(17,18)19/h2-9H,10-11H2,1H3. The number of halogens is 3. The summed E-state index contributed by atoms with van der Waals surface area (Å²) in [5.41, 5.74) is -0.00116. The molecular formula is C16H15F3N4. The van der Waals surface area contributed by atoms with Gasteiger partial charge in [-0.2, -0.15) is 13.2 Å². The average molecular weight is 320 g/mol. The van der Waals surface area contributed by atoms with E-state index in [2.05, 4.69) is 9.97 Å². The molecule has 1 aromatic carbocycles. The Balaban J connectivity index is 1.79. The molecule has 0 atom stereocenters. The van der Waals surface area contributed by atoms with Crippen molar-refractivity contribution in [3.8, 4) is 11.4 Å². The summed E-state index contributed by atoms with van der Waals surface area (Å²) in [6, 6.07) is 5.05. The van der Waals surface area contributed by atoms with Crippen LogP contribution >= 0.6 is 0 Å². The quantitative estimate of drug-likeness (QED) is 0.733. The molecule has 120 valence electrons. The van der Waals surface area contributed by atoms with Crippen LogP contribution < -0.4 is 0 Å². The van der Waals surface area contributed by atoms with Gasteiger partial charge in [0, 0.05) is 43.4 Å². The van der Waals surface area contributed by atoms with Gasteiger partial charge >= 0.3 is 6.18 Å². The lowest BCUT2D eigenvalue weighted by Crippen LogP contribution is -2.09. The molecule has 0 bridgehead atoms. The predicted octanol–water partition coefficient (Wildman–Crippen LogP) is 3.77. The Morgan fingerprint density at radius 3 is 2.13 bits per heavy atom. The van der Waals surface area contributed by atoms with Crippen LogP contribution in [0.2, 0.25) is 0 Å². The number of alkyl halides is 3. The van der Waals surface area contributed by atoms with Crippen molar-refractivity contribution in [1.29, 1.82) is 0 Å². The highest BCUT2D eigenvalue weighted by Gasteiger charge is 2.30. The molecule has 0 saturated heterocycles. The first-order valence-corrected chi connectivity index (χ1v) is 7.11. The summed E-state index contributed by atoms with van der Waals surface area (Å²) in [4.78, 5) is 8.42. The molecule has 0 aliphatic carbocycles. The molecule has 2 heterocycles. The number of benzene rings is 1. The monoisotopic (exact) mass is 320 g/mol. The van der Waals surface area contributed by atoms with Gasteiger partial charge in [-0.15, -0.1) is 0 Å². The molecule has 0 aliphatic heterocycles. The first kappa shape index (κ1) is 15.3. The minimum Gasteiger partial charge on any atom is -0.333 e. The SMILES string of the molecule is Cc1nccn1CCn1ccnc1-c1ccc(C(F)(F)F)cc1. The molecule has 0 amide bonds. The maximum atomic E-state index is 12.6. The van der Waals surface area contributed by atoms with Crippen molar-refractivity contribution in [1.82, 2.24) is 19.1 Å². The minimum absolute atomic E-state index is 0.650. The molecule has 3 aromatic rings. The van der Waals surface area contributed by atoms with E-state index in [0.717, 1.165) is 24.5 Å². The Hall–Kier alpha value is -2.57. The fraction of sp³-hybridized carbons (Fsp3) is 0.250. The van der Waals surface area contributed by atoms with Gasteiger partial charge in [-0.3, -0.25) is 0 Å². The topological polar surface area (TPSA) is 35.6 Å². The molecule has 0 spiro atoms. The van der Waals surface area contributed by atoms with Crippen molar-refractivity contribution in [3.05, 3.63) is 60.4 Å². The van der Waals surface area contributed by atoms with Crippen LogP contribution in [0.4, 0.5) is 13.2 Å². The summed E-state index contributed by atoms with van der Waals surface area (Å²) in [7, 11) is 0. The molecule has 0 radical (unpaired) electrons. The summed E-state index contributed by atoms with van der Waals surface area (Å²) in [6.07, 6.45) is 2.77. The van der Waals surface area contributed by atoms with Crippen molar-refractivity contribution < 1.29 is 13.2 Å². The molecule has 4 nitrogen and oxygen atoms in total. The molecule has 23 heavy (non-hydrogen) atoms. The molecule has 3 rings (SSSR count). The van der Waals surface area contributed by atoms with Gasteiger partial charge in [0.15, 0.2) is 0 Å². The van der Waals surface area contributed by atoms with Gasteiger partial charge in [0.05, 0.1) is 5.56 Å². The lowest BCUT2D eigenvalue weighted by molar-refractivity contribution is -0.137. The van der Waals surface area contributed by atoms with Crippen LogP contribution in [0.1, 0.15) is 11.4 Å². The summed E-state index contributed by atoms with van der Waals surface area (Å²) in [5, 5.41) is 0. The van der Waals surface area contributed by atoms with Crippen LogP contribution in [0, 0.1) is 6.92 Å². The molecule has 0 N–H and O–H groups in total. The van der Waals surface area contributed by atoms with E-state index in [1.54, 1.807) is 12.4 Å². The largest absolute Gasteiger partial charge is 0.416 e. The summed E-state index contributed by atoms with van der Waals surface area (Å²) >= 11 is 0. The van der Waals surface area contributed by atoms with E-state index in [9.17, 15) is 13.2 Å². The van der Waals surface area contributed by atoms with Gasteiger partial charge in [0.2, 0.25) is 0 Å². The lowest BCUT2D eigenvalue weighted by atomic mass is 10.1. The van der Waals surface area contributed by atoms with Crippen LogP contribution in [0.3, 0.4) is 0 Å². The highest BCUT2D eigenvalue weighted by atomic mass is 19.4. The average Bonchev–Trinajstić information content (AvgIpc) is 3.13. The Labute approximate surface area is 131 Å². The third-order valence-corrected chi connectivity index (χ3v) is 3.69. The zero-order chi connectivity index (χ0) is 16.4. The van der Waals surface area contributed by atoms with Crippen LogP contribution in [0.25, 0.3) is 11.4 Å². The molecule has 2 aromatic heterocycles. The zero-order valence-electron chi connectivity index (χ0n) is 12.5. The Morgan fingerprint density at radius 1 is 0.913 bits per heavy atom. The van der Waals surface area contributed by atoms with Gasteiger partial charge in [-0.1, -0.05) is 12.1 Å². The maximum Gasteiger partial charge on any atom is 0.416 e. The van der Waals surface area contributed by atoms with Gasteiger partial charge in [0.1, 0.15) is 11.6 Å². The van der Waals surface area contributed by atoms with Gasteiger partial charge in [0.25, 0.3) is 0 Å². The number of hydrogen-bond acceptors (Lipinski definition) is 2. The number of imidazole rings is 2. The normalized spacial score (nSPS) is 11.8. The second kappa shape index (κ2) is 5.91. The number of hydrogen-bond donors (Lipinski definition) is 0. The molecule has 0 saturated carbocycles. The van der Waals surface area contributed by atoms with E-state index >= 15 is 0 Å². The number of aryl methyl sites for hydroxylation is 3. The van der Waals surface area contributed by atoms with Crippen LogP contribution in [-0.2, 0) is 19.3 Å². The molecular weight excluding hydrogens is 305 g/mol. The first-order chi connectivity index (χ1) is 10.9. The van der Waals surface area contributed by atoms with Gasteiger partial charge < -0.3 is 9.13 Å².